The molecule has 0 unspecified atom stereocenters. The molecule has 5 rings (SSSR count). The normalized spacial score (nSPS) is 16.5. The molecule has 0 aromatic heterocycles. The third-order valence-electron chi connectivity index (χ3n) is 7.61. The summed E-state index contributed by atoms with van der Waals surface area (Å²) < 4.78 is 5.43. The highest BCUT2D eigenvalue weighted by Gasteiger charge is 2.41. The maximum atomic E-state index is 14.1. The van der Waals surface area contributed by atoms with Crippen molar-refractivity contribution in [1.82, 2.24) is 15.5 Å². The summed E-state index contributed by atoms with van der Waals surface area (Å²) in [4.78, 5) is 54.7. The van der Waals surface area contributed by atoms with Crippen LogP contribution in [0.5, 0.6) is 0 Å². The van der Waals surface area contributed by atoms with Crippen LogP contribution in [0.4, 0.5) is 5.69 Å². The molecule has 0 spiro atoms. The van der Waals surface area contributed by atoms with Gasteiger partial charge in [0.25, 0.3) is 0 Å². The number of anilines is 1. The number of esters is 1. The molecule has 1 saturated carbocycles. The van der Waals surface area contributed by atoms with Gasteiger partial charge in [0, 0.05) is 42.8 Å². The summed E-state index contributed by atoms with van der Waals surface area (Å²) >= 11 is 6.55. The van der Waals surface area contributed by atoms with Crippen LogP contribution in [0.1, 0.15) is 53.2 Å². The second-order valence-corrected chi connectivity index (χ2v) is 11.2. The number of hydrogen-bond donors (Lipinski definition) is 2. The fourth-order valence-electron chi connectivity index (χ4n) is 5.08. The van der Waals surface area contributed by atoms with E-state index in [0.29, 0.717) is 42.3 Å². The third-order valence-corrected chi connectivity index (χ3v) is 7.97. The molecule has 224 valence electrons. The van der Waals surface area contributed by atoms with Gasteiger partial charge in [-0.1, -0.05) is 61.0 Å². The van der Waals surface area contributed by atoms with E-state index in [4.69, 9.17) is 16.3 Å². The minimum Gasteiger partial charge on any atom is -0.457 e. The number of hydrogen-bond acceptors (Lipinski definition) is 6. The fourth-order valence-corrected chi connectivity index (χ4v) is 5.26. The number of amides is 3. The van der Waals surface area contributed by atoms with Crippen molar-refractivity contribution in [1.29, 1.82) is 0 Å². The average Bonchev–Trinajstić information content (AvgIpc) is 3.88. The van der Waals surface area contributed by atoms with E-state index >= 15 is 0 Å². The third kappa shape index (κ3) is 7.60. The molecule has 1 aliphatic carbocycles. The van der Waals surface area contributed by atoms with Crippen molar-refractivity contribution in [3.63, 3.8) is 0 Å². The van der Waals surface area contributed by atoms with E-state index in [2.05, 4.69) is 10.6 Å². The Bertz CT molecular complexity index is 1480. The predicted molar refractivity (Wildman–Crippen MR) is 163 cm³/mol. The molecule has 0 radical (unpaired) electrons. The summed E-state index contributed by atoms with van der Waals surface area (Å²) in [5, 5.41) is 6.51. The smallest absolute Gasteiger partial charge is 0.338 e. The molecule has 2 N–H and O–H groups in total. The quantitative estimate of drug-likeness (QED) is 0.318. The van der Waals surface area contributed by atoms with Crippen molar-refractivity contribution in [2.45, 2.75) is 58.0 Å². The van der Waals surface area contributed by atoms with E-state index in [9.17, 15) is 19.2 Å². The molecule has 2 aliphatic rings. The molecule has 3 aromatic rings. The molecule has 3 amide bonds. The topological polar surface area (TPSA) is 108 Å². The summed E-state index contributed by atoms with van der Waals surface area (Å²) in [5.74, 6) is -0.800. The molecule has 1 aliphatic heterocycles. The Labute approximate surface area is 256 Å². The summed E-state index contributed by atoms with van der Waals surface area (Å²) in [6.07, 6.45) is 2.18. The Hall–Kier alpha value is -4.21. The van der Waals surface area contributed by atoms with Crippen molar-refractivity contribution in [3.05, 3.63) is 100 Å². The van der Waals surface area contributed by atoms with Crippen LogP contribution in [0, 0.1) is 0 Å². The summed E-state index contributed by atoms with van der Waals surface area (Å²) in [6, 6.07) is 20.9. The van der Waals surface area contributed by atoms with Crippen LogP contribution < -0.4 is 15.5 Å². The van der Waals surface area contributed by atoms with Gasteiger partial charge in [-0.2, -0.15) is 0 Å². The zero-order chi connectivity index (χ0) is 30.3. The average molecular weight is 603 g/mol. The van der Waals surface area contributed by atoms with Crippen molar-refractivity contribution in [2.24, 2.45) is 0 Å². The number of ether oxygens (including phenoxy) is 1. The second kappa shape index (κ2) is 13.8. The van der Waals surface area contributed by atoms with Crippen molar-refractivity contribution in [2.75, 3.05) is 18.0 Å². The number of piperazine rings is 1. The van der Waals surface area contributed by atoms with Gasteiger partial charge in [0.1, 0.15) is 12.6 Å². The molecule has 3 aromatic carbocycles. The molecular formula is C33H35ClN4O5. The zero-order valence-corrected chi connectivity index (χ0v) is 24.8. The Morgan fingerprint density at radius 1 is 1.02 bits per heavy atom. The van der Waals surface area contributed by atoms with Crippen LogP contribution in [0.15, 0.2) is 72.8 Å². The number of nitrogens with one attached hydrogen (secondary N) is 2. The van der Waals surface area contributed by atoms with Gasteiger partial charge in [0.05, 0.1) is 12.1 Å². The lowest BCUT2D eigenvalue weighted by atomic mass is 10.1. The Morgan fingerprint density at radius 3 is 2.44 bits per heavy atom. The van der Waals surface area contributed by atoms with Gasteiger partial charge in [-0.25, -0.2) is 4.79 Å². The van der Waals surface area contributed by atoms with Crippen molar-refractivity contribution in [3.8, 4) is 0 Å². The first-order valence-corrected chi connectivity index (χ1v) is 14.9. The van der Waals surface area contributed by atoms with Crippen LogP contribution in [0.25, 0.3) is 0 Å². The Balaban J connectivity index is 1.29. The van der Waals surface area contributed by atoms with Crippen LogP contribution in [-0.4, -0.2) is 53.8 Å². The first-order valence-electron chi connectivity index (χ1n) is 14.5. The van der Waals surface area contributed by atoms with Crippen LogP contribution in [0.3, 0.4) is 0 Å². The second-order valence-electron chi connectivity index (χ2n) is 10.8. The predicted octanol–water partition coefficient (Wildman–Crippen LogP) is 4.22. The van der Waals surface area contributed by atoms with E-state index < -0.39 is 12.0 Å². The highest BCUT2D eigenvalue weighted by atomic mass is 35.5. The molecule has 0 bridgehead atoms. The molecule has 9 nitrogen and oxygen atoms in total. The van der Waals surface area contributed by atoms with E-state index in [1.807, 2.05) is 23.1 Å². The van der Waals surface area contributed by atoms with Gasteiger partial charge in [-0.15, -0.1) is 0 Å². The zero-order valence-electron chi connectivity index (χ0n) is 24.1. The molecule has 10 heteroatoms. The van der Waals surface area contributed by atoms with E-state index in [1.165, 1.54) is 0 Å². The first kappa shape index (κ1) is 30.3. The number of carbonyl (C=O) groups is 4. The number of halogens is 1. The SMILES string of the molecule is CCC(=O)NCc1ccc(Cl)c(CN(C(=O)[C@H]2CNCC(=O)N2c2ccc(COC(=O)c3ccccc3)cc2)C2CC2)c1. The standard InChI is InChI=1S/C33H35ClN4O5/c1-2-30(39)36-17-23-10-15-28(34)25(16-23)20-37(26-13-14-26)32(41)29-18-35-19-31(40)38(29)27-11-8-22(9-12-27)21-43-33(42)24-6-4-3-5-7-24/h3-12,15-16,26,29,35H,2,13-14,17-21H2,1H3,(H,36,39)/t29-/m1/s1. The van der Waals surface area contributed by atoms with E-state index in [0.717, 1.165) is 29.5 Å². The van der Waals surface area contributed by atoms with E-state index in [-0.39, 0.29) is 36.9 Å². The summed E-state index contributed by atoms with van der Waals surface area (Å²) in [5.41, 5.74) is 3.54. The van der Waals surface area contributed by atoms with Gasteiger partial charge in [-0.05, 0) is 59.9 Å². The van der Waals surface area contributed by atoms with Crippen LogP contribution in [-0.2, 0) is 38.8 Å². The molecule has 1 atom stereocenters. The molecular weight excluding hydrogens is 568 g/mol. The van der Waals surface area contributed by atoms with E-state index in [1.54, 1.807) is 66.4 Å². The summed E-state index contributed by atoms with van der Waals surface area (Å²) in [6.45, 7) is 3.02. The highest BCUT2D eigenvalue weighted by Crippen LogP contribution is 2.32. The largest absolute Gasteiger partial charge is 0.457 e. The first-order chi connectivity index (χ1) is 20.8. The molecule has 43 heavy (non-hydrogen) atoms. The van der Waals surface area contributed by atoms with Crippen LogP contribution in [0.2, 0.25) is 5.02 Å². The highest BCUT2D eigenvalue weighted by molar-refractivity contribution is 6.31. The van der Waals surface area contributed by atoms with Gasteiger partial charge in [-0.3, -0.25) is 19.3 Å². The lowest BCUT2D eigenvalue weighted by molar-refractivity contribution is -0.136. The number of rotatable bonds is 11. The Kier molecular flexibility index (Phi) is 9.74. The minimum absolute atomic E-state index is 0.0397. The number of nitrogens with zero attached hydrogens (tertiary/aromatic N) is 2. The maximum absolute atomic E-state index is 14.1. The van der Waals surface area contributed by atoms with Gasteiger partial charge >= 0.3 is 5.97 Å². The molecule has 1 saturated heterocycles. The fraction of sp³-hybridized carbons (Fsp3) is 0.333. The summed E-state index contributed by atoms with van der Waals surface area (Å²) in [7, 11) is 0. The monoisotopic (exact) mass is 602 g/mol. The van der Waals surface area contributed by atoms with Gasteiger partial charge in [0.2, 0.25) is 17.7 Å². The maximum Gasteiger partial charge on any atom is 0.338 e. The number of carbonyl (C=O) groups excluding carboxylic acids is 4. The minimum atomic E-state index is -0.727. The van der Waals surface area contributed by atoms with Gasteiger partial charge in [0.15, 0.2) is 0 Å². The lowest BCUT2D eigenvalue weighted by Gasteiger charge is -2.38. The van der Waals surface area contributed by atoms with Gasteiger partial charge < -0.3 is 20.3 Å². The Morgan fingerprint density at radius 2 is 1.74 bits per heavy atom. The number of benzene rings is 3. The van der Waals surface area contributed by atoms with Crippen molar-refractivity contribution >= 4 is 41.0 Å². The van der Waals surface area contributed by atoms with Crippen molar-refractivity contribution < 1.29 is 23.9 Å². The molecule has 2 fully saturated rings. The van der Waals surface area contributed by atoms with Crippen LogP contribution >= 0.6 is 11.6 Å². The molecule has 1 heterocycles. The lowest BCUT2D eigenvalue weighted by Crippen LogP contribution is -2.61.